The Morgan fingerprint density at radius 2 is 1.76 bits per heavy atom. The normalized spacial score (nSPS) is 17.0. The van der Waals surface area contributed by atoms with E-state index < -0.39 is 0 Å². The first kappa shape index (κ1) is 18.9. The number of amides is 2. The summed E-state index contributed by atoms with van der Waals surface area (Å²) in [5, 5.41) is 2.94. The van der Waals surface area contributed by atoms with Gasteiger partial charge in [0.15, 0.2) is 11.5 Å². The molecule has 1 aliphatic rings. The lowest BCUT2D eigenvalue weighted by Gasteiger charge is -2.31. The number of rotatable bonds is 6. The van der Waals surface area contributed by atoms with Crippen molar-refractivity contribution in [1.29, 1.82) is 0 Å². The van der Waals surface area contributed by atoms with E-state index in [0.29, 0.717) is 30.3 Å². The van der Waals surface area contributed by atoms with Crippen LogP contribution >= 0.6 is 0 Å². The molecular weight excluding hydrogens is 324 g/mol. The van der Waals surface area contributed by atoms with Crippen LogP contribution in [0.5, 0.6) is 17.2 Å². The molecule has 1 heterocycles. The summed E-state index contributed by atoms with van der Waals surface area (Å²) in [5.41, 5.74) is 0.799. The molecule has 2 amide bonds. The molecule has 0 spiro atoms. The number of nitrogens with one attached hydrogen (secondary N) is 1. The maximum atomic E-state index is 12.5. The van der Waals surface area contributed by atoms with Gasteiger partial charge in [-0.25, -0.2) is 0 Å². The van der Waals surface area contributed by atoms with Crippen LogP contribution in [0, 0.1) is 5.92 Å². The molecule has 0 bridgehead atoms. The van der Waals surface area contributed by atoms with E-state index in [1.165, 1.54) is 6.92 Å². The van der Waals surface area contributed by atoms with Gasteiger partial charge in [0.1, 0.15) is 5.75 Å². The first-order chi connectivity index (χ1) is 12.0. The molecule has 1 saturated heterocycles. The molecule has 7 heteroatoms. The molecule has 1 atom stereocenters. The van der Waals surface area contributed by atoms with E-state index >= 15 is 0 Å². The fourth-order valence-corrected chi connectivity index (χ4v) is 3.03. The Morgan fingerprint density at radius 3 is 2.36 bits per heavy atom. The Labute approximate surface area is 148 Å². The quantitative estimate of drug-likeness (QED) is 0.843. The molecule has 0 aliphatic carbocycles. The fourth-order valence-electron chi connectivity index (χ4n) is 3.03. The van der Waals surface area contributed by atoms with Crippen molar-refractivity contribution in [2.45, 2.75) is 26.3 Å². The van der Waals surface area contributed by atoms with E-state index in [4.69, 9.17) is 14.2 Å². The highest BCUT2D eigenvalue weighted by molar-refractivity contribution is 5.80. The van der Waals surface area contributed by atoms with Crippen LogP contribution in [0.2, 0.25) is 0 Å². The van der Waals surface area contributed by atoms with Gasteiger partial charge in [-0.2, -0.15) is 0 Å². The van der Waals surface area contributed by atoms with Gasteiger partial charge in [-0.05, 0) is 18.9 Å². The Kier molecular flexibility index (Phi) is 6.50. The predicted molar refractivity (Wildman–Crippen MR) is 92.9 cm³/mol. The number of hydrogen-bond acceptors (Lipinski definition) is 5. The third-order valence-electron chi connectivity index (χ3n) is 4.48. The average Bonchev–Trinajstić information content (AvgIpc) is 2.65. The van der Waals surface area contributed by atoms with Crippen molar-refractivity contribution in [2.24, 2.45) is 5.92 Å². The van der Waals surface area contributed by atoms with Gasteiger partial charge in [0.05, 0.1) is 27.2 Å². The topological polar surface area (TPSA) is 77.1 Å². The zero-order chi connectivity index (χ0) is 18.4. The van der Waals surface area contributed by atoms with Crippen molar-refractivity contribution >= 4 is 11.8 Å². The molecule has 2 rings (SSSR count). The summed E-state index contributed by atoms with van der Waals surface area (Å²) in [5.74, 6) is 1.55. The van der Waals surface area contributed by atoms with E-state index in [0.717, 1.165) is 24.9 Å². The number of likely N-dealkylation sites (tertiary alicyclic amines) is 1. The summed E-state index contributed by atoms with van der Waals surface area (Å²) < 4.78 is 15.9. The second kappa shape index (κ2) is 8.60. The van der Waals surface area contributed by atoms with Crippen molar-refractivity contribution in [2.75, 3.05) is 34.4 Å². The number of ether oxygens (including phenoxy) is 3. The Hall–Kier alpha value is -2.44. The van der Waals surface area contributed by atoms with E-state index in [1.54, 1.807) is 38.4 Å². The number of nitrogens with zero attached hydrogens (tertiary/aromatic N) is 1. The average molecular weight is 350 g/mol. The number of benzene rings is 1. The van der Waals surface area contributed by atoms with E-state index in [2.05, 4.69) is 5.32 Å². The van der Waals surface area contributed by atoms with Gasteiger partial charge in [0.2, 0.25) is 11.8 Å². The van der Waals surface area contributed by atoms with Crippen LogP contribution in [0.15, 0.2) is 12.1 Å². The molecule has 138 valence electrons. The summed E-state index contributed by atoms with van der Waals surface area (Å²) in [6, 6.07) is 3.53. The third kappa shape index (κ3) is 4.55. The first-order valence-electron chi connectivity index (χ1n) is 8.32. The molecule has 0 unspecified atom stereocenters. The predicted octanol–water partition coefficient (Wildman–Crippen LogP) is 1.59. The lowest BCUT2D eigenvalue weighted by Crippen LogP contribution is -2.44. The fraction of sp³-hybridized carbons (Fsp3) is 0.556. The molecular formula is C18H26N2O5. The number of hydrogen-bond donors (Lipinski definition) is 1. The van der Waals surface area contributed by atoms with Crippen molar-refractivity contribution in [3.05, 3.63) is 17.7 Å². The largest absolute Gasteiger partial charge is 0.496 e. The van der Waals surface area contributed by atoms with Crippen molar-refractivity contribution in [1.82, 2.24) is 10.2 Å². The zero-order valence-electron chi connectivity index (χ0n) is 15.3. The van der Waals surface area contributed by atoms with Gasteiger partial charge in [-0.1, -0.05) is 0 Å². The van der Waals surface area contributed by atoms with Crippen LogP contribution in [0.4, 0.5) is 0 Å². The molecule has 1 N–H and O–H groups in total. The number of carbonyl (C=O) groups excluding carboxylic acids is 2. The van der Waals surface area contributed by atoms with E-state index in [1.807, 2.05) is 0 Å². The first-order valence-corrected chi connectivity index (χ1v) is 8.32. The molecule has 1 aliphatic heterocycles. The standard InChI is InChI=1S/C18H26N2O5/c1-12(21)20-7-5-6-13(11-20)18(22)19-10-14-8-16(24-3)17(25-4)9-15(14)23-2/h8-9,13H,5-7,10-11H2,1-4H3,(H,19,22)/t13-/m0/s1. The van der Waals surface area contributed by atoms with Crippen LogP contribution in [0.1, 0.15) is 25.3 Å². The van der Waals surface area contributed by atoms with Crippen LogP contribution < -0.4 is 19.5 Å². The van der Waals surface area contributed by atoms with E-state index in [9.17, 15) is 9.59 Å². The molecule has 25 heavy (non-hydrogen) atoms. The molecule has 0 radical (unpaired) electrons. The Balaban J connectivity index is 2.05. The Morgan fingerprint density at radius 1 is 1.12 bits per heavy atom. The highest BCUT2D eigenvalue weighted by Crippen LogP contribution is 2.34. The lowest BCUT2D eigenvalue weighted by molar-refractivity contribution is -0.134. The van der Waals surface area contributed by atoms with Gasteiger partial charge in [-0.3, -0.25) is 9.59 Å². The SMILES string of the molecule is COc1cc(OC)c(OC)cc1CNC(=O)[C@H]1CCCN(C(C)=O)C1. The number of carbonyl (C=O) groups is 2. The lowest BCUT2D eigenvalue weighted by atomic mass is 9.97. The summed E-state index contributed by atoms with van der Waals surface area (Å²) in [4.78, 5) is 25.7. The van der Waals surface area contributed by atoms with Crippen molar-refractivity contribution in [3.63, 3.8) is 0 Å². The molecule has 7 nitrogen and oxygen atoms in total. The number of methoxy groups -OCH3 is 3. The van der Waals surface area contributed by atoms with Crippen LogP contribution in [0.3, 0.4) is 0 Å². The Bertz CT molecular complexity index is 632. The third-order valence-corrected chi connectivity index (χ3v) is 4.48. The summed E-state index contributed by atoms with van der Waals surface area (Å²) in [7, 11) is 4.69. The molecule has 1 fully saturated rings. The van der Waals surface area contributed by atoms with Gasteiger partial charge >= 0.3 is 0 Å². The monoisotopic (exact) mass is 350 g/mol. The highest BCUT2D eigenvalue weighted by atomic mass is 16.5. The number of piperidine rings is 1. The minimum atomic E-state index is -0.177. The van der Waals surface area contributed by atoms with Gasteiger partial charge in [0.25, 0.3) is 0 Å². The van der Waals surface area contributed by atoms with Crippen LogP contribution in [-0.4, -0.2) is 51.1 Å². The molecule has 0 saturated carbocycles. The van der Waals surface area contributed by atoms with Crippen LogP contribution in [-0.2, 0) is 16.1 Å². The minimum absolute atomic E-state index is 0.0130. The zero-order valence-corrected chi connectivity index (χ0v) is 15.3. The molecule has 1 aromatic rings. The second-order valence-corrected chi connectivity index (χ2v) is 6.04. The maximum Gasteiger partial charge on any atom is 0.225 e. The van der Waals surface area contributed by atoms with Gasteiger partial charge < -0.3 is 24.4 Å². The minimum Gasteiger partial charge on any atom is -0.496 e. The van der Waals surface area contributed by atoms with Crippen molar-refractivity contribution in [3.8, 4) is 17.2 Å². The second-order valence-electron chi connectivity index (χ2n) is 6.04. The molecule has 1 aromatic carbocycles. The highest BCUT2D eigenvalue weighted by Gasteiger charge is 2.27. The summed E-state index contributed by atoms with van der Waals surface area (Å²) in [6.45, 7) is 3.06. The van der Waals surface area contributed by atoms with Crippen molar-refractivity contribution < 1.29 is 23.8 Å². The van der Waals surface area contributed by atoms with Gasteiger partial charge in [-0.15, -0.1) is 0 Å². The van der Waals surface area contributed by atoms with Crippen LogP contribution in [0.25, 0.3) is 0 Å². The van der Waals surface area contributed by atoms with E-state index in [-0.39, 0.29) is 17.7 Å². The molecule has 0 aromatic heterocycles. The smallest absolute Gasteiger partial charge is 0.225 e. The van der Waals surface area contributed by atoms with Gasteiger partial charge in [0, 0.05) is 38.2 Å². The maximum absolute atomic E-state index is 12.5. The summed E-state index contributed by atoms with van der Waals surface area (Å²) >= 11 is 0. The summed E-state index contributed by atoms with van der Waals surface area (Å²) in [6.07, 6.45) is 1.63.